The van der Waals surface area contributed by atoms with Crippen molar-refractivity contribution in [2.45, 2.75) is 26.7 Å². The summed E-state index contributed by atoms with van der Waals surface area (Å²) in [6, 6.07) is 0. The highest BCUT2D eigenvalue weighted by Gasteiger charge is 1.86. The van der Waals surface area contributed by atoms with Gasteiger partial charge < -0.3 is 4.74 Å². The van der Waals surface area contributed by atoms with Crippen molar-refractivity contribution in [3.8, 4) is 0 Å². The fourth-order valence-corrected chi connectivity index (χ4v) is 0.575. The first-order valence-corrected chi connectivity index (χ1v) is 3.31. The Hall–Kier alpha value is -0.300. The van der Waals surface area contributed by atoms with Crippen LogP contribution in [0.2, 0.25) is 0 Å². The van der Waals surface area contributed by atoms with Crippen molar-refractivity contribution in [1.82, 2.24) is 0 Å². The van der Waals surface area contributed by atoms with Crippen LogP contribution in [0.4, 0.5) is 0 Å². The smallest absolute Gasteiger partial charge is 0.0805 e. The van der Waals surface area contributed by atoms with Crippen molar-refractivity contribution in [2.24, 2.45) is 0 Å². The Labute approximate surface area is 57.7 Å². The van der Waals surface area contributed by atoms with Crippen molar-refractivity contribution < 1.29 is 4.74 Å². The van der Waals surface area contributed by atoms with Gasteiger partial charge in [-0.2, -0.15) is 0 Å². The maximum absolute atomic E-state index is 5.02. The molecule has 0 aliphatic heterocycles. The molecule has 0 unspecified atom stereocenters. The summed E-state index contributed by atoms with van der Waals surface area (Å²) >= 11 is 0. The molecule has 0 aliphatic carbocycles. The molecular formula is C8H15O. The lowest BCUT2D eigenvalue weighted by molar-refractivity contribution is 0.201. The van der Waals surface area contributed by atoms with Crippen molar-refractivity contribution in [3.63, 3.8) is 0 Å². The molecule has 0 spiro atoms. The molecule has 0 amide bonds. The van der Waals surface area contributed by atoms with E-state index in [2.05, 4.69) is 6.58 Å². The van der Waals surface area contributed by atoms with Gasteiger partial charge in [0.05, 0.1) is 6.61 Å². The third-order valence-corrected chi connectivity index (χ3v) is 1.03. The molecule has 0 rings (SSSR count). The first-order chi connectivity index (χ1) is 4.27. The van der Waals surface area contributed by atoms with Gasteiger partial charge in [0.2, 0.25) is 0 Å². The summed E-state index contributed by atoms with van der Waals surface area (Å²) in [5.74, 6) is 0. The van der Waals surface area contributed by atoms with Gasteiger partial charge in [-0.15, -0.1) is 6.58 Å². The molecule has 1 heteroatoms. The highest BCUT2D eigenvalue weighted by atomic mass is 16.5. The summed E-state index contributed by atoms with van der Waals surface area (Å²) in [5.41, 5.74) is 1.23. The standard InChI is InChI=1S/C8H15O/c1-4-9-7-5-6-8(2)3/h4H,2,5-7H2,1,3H3. The van der Waals surface area contributed by atoms with Crippen LogP contribution in [-0.2, 0) is 4.74 Å². The molecule has 0 fully saturated rings. The zero-order chi connectivity index (χ0) is 7.11. The van der Waals surface area contributed by atoms with Gasteiger partial charge in [-0.3, -0.25) is 0 Å². The quantitative estimate of drug-likeness (QED) is 0.407. The van der Waals surface area contributed by atoms with E-state index in [1.807, 2.05) is 13.8 Å². The highest BCUT2D eigenvalue weighted by Crippen LogP contribution is 2.00. The van der Waals surface area contributed by atoms with Crippen LogP contribution >= 0.6 is 0 Å². The number of ether oxygens (including phenoxy) is 1. The van der Waals surface area contributed by atoms with Gasteiger partial charge in [0.15, 0.2) is 0 Å². The molecule has 0 aromatic heterocycles. The molecule has 9 heavy (non-hydrogen) atoms. The van der Waals surface area contributed by atoms with Gasteiger partial charge in [-0.1, -0.05) is 5.57 Å². The summed E-state index contributed by atoms with van der Waals surface area (Å²) < 4.78 is 5.02. The van der Waals surface area contributed by atoms with Crippen LogP contribution < -0.4 is 0 Å². The number of allylic oxidation sites excluding steroid dienone is 1. The van der Waals surface area contributed by atoms with Crippen LogP contribution in [0.5, 0.6) is 0 Å². The maximum Gasteiger partial charge on any atom is 0.0805 e. The average molecular weight is 127 g/mol. The molecule has 0 atom stereocenters. The summed E-state index contributed by atoms with van der Waals surface area (Å²) in [4.78, 5) is 0. The molecule has 1 nitrogen and oxygen atoms in total. The van der Waals surface area contributed by atoms with Gasteiger partial charge in [0, 0.05) is 6.61 Å². The van der Waals surface area contributed by atoms with Crippen LogP contribution in [0.15, 0.2) is 12.2 Å². The lowest BCUT2D eigenvalue weighted by atomic mass is 10.2. The molecule has 0 aromatic carbocycles. The minimum atomic E-state index is 0.823. The minimum absolute atomic E-state index is 0.823. The lowest BCUT2D eigenvalue weighted by Gasteiger charge is -1.98. The number of rotatable bonds is 5. The number of hydrogen-bond acceptors (Lipinski definition) is 1. The zero-order valence-corrected chi connectivity index (χ0v) is 6.31. The summed E-state index contributed by atoms with van der Waals surface area (Å²) in [5, 5.41) is 0. The minimum Gasteiger partial charge on any atom is -0.376 e. The molecule has 0 aliphatic rings. The molecule has 0 saturated heterocycles. The van der Waals surface area contributed by atoms with Gasteiger partial charge >= 0.3 is 0 Å². The zero-order valence-electron chi connectivity index (χ0n) is 6.31. The largest absolute Gasteiger partial charge is 0.376 e. The Morgan fingerprint density at radius 2 is 2.33 bits per heavy atom. The van der Waals surface area contributed by atoms with E-state index in [4.69, 9.17) is 4.74 Å². The third-order valence-electron chi connectivity index (χ3n) is 1.03. The molecule has 0 N–H and O–H groups in total. The molecule has 0 saturated carbocycles. The van der Waals surface area contributed by atoms with Crippen LogP contribution in [0.1, 0.15) is 26.7 Å². The third kappa shape index (κ3) is 7.70. The van der Waals surface area contributed by atoms with Crippen LogP contribution in [0.3, 0.4) is 0 Å². The van der Waals surface area contributed by atoms with E-state index in [0.29, 0.717) is 0 Å². The fraction of sp³-hybridized carbons (Fsp3) is 0.625. The molecule has 53 valence electrons. The van der Waals surface area contributed by atoms with Gasteiger partial charge in [0.25, 0.3) is 0 Å². The van der Waals surface area contributed by atoms with Gasteiger partial charge in [-0.05, 0) is 26.7 Å². The second-order valence-corrected chi connectivity index (χ2v) is 2.17. The lowest BCUT2D eigenvalue weighted by Crippen LogP contribution is -1.89. The average Bonchev–Trinajstić information content (AvgIpc) is 1.80. The van der Waals surface area contributed by atoms with Crippen molar-refractivity contribution in [3.05, 3.63) is 18.8 Å². The topological polar surface area (TPSA) is 9.23 Å². The van der Waals surface area contributed by atoms with Crippen molar-refractivity contribution in [2.75, 3.05) is 6.61 Å². The first kappa shape index (κ1) is 8.70. The second kappa shape index (κ2) is 5.83. The fourth-order valence-electron chi connectivity index (χ4n) is 0.575. The van der Waals surface area contributed by atoms with E-state index in [9.17, 15) is 0 Å². The van der Waals surface area contributed by atoms with Crippen molar-refractivity contribution >= 4 is 0 Å². The predicted octanol–water partition coefficient (Wildman–Crippen LogP) is 2.54. The molecule has 0 aromatic rings. The Balaban J connectivity index is 2.83. The second-order valence-electron chi connectivity index (χ2n) is 2.17. The Kier molecular flexibility index (Phi) is 5.64. The van der Waals surface area contributed by atoms with E-state index in [-0.39, 0.29) is 0 Å². The van der Waals surface area contributed by atoms with E-state index in [1.165, 1.54) is 5.57 Å². The predicted molar refractivity (Wildman–Crippen MR) is 40.0 cm³/mol. The summed E-state index contributed by atoms with van der Waals surface area (Å²) in [6.07, 6.45) is 2.16. The molecule has 1 radical (unpaired) electrons. The summed E-state index contributed by atoms with van der Waals surface area (Å²) in [7, 11) is 0. The summed E-state index contributed by atoms with van der Waals surface area (Å²) in [6.45, 7) is 10.3. The van der Waals surface area contributed by atoms with Crippen LogP contribution in [0, 0.1) is 6.61 Å². The van der Waals surface area contributed by atoms with Crippen LogP contribution in [-0.4, -0.2) is 6.61 Å². The van der Waals surface area contributed by atoms with Crippen molar-refractivity contribution in [1.29, 1.82) is 0 Å². The Morgan fingerprint density at radius 1 is 1.67 bits per heavy atom. The van der Waals surface area contributed by atoms with E-state index in [0.717, 1.165) is 19.4 Å². The highest BCUT2D eigenvalue weighted by molar-refractivity contribution is 4.86. The van der Waals surface area contributed by atoms with Crippen LogP contribution in [0.25, 0.3) is 0 Å². The van der Waals surface area contributed by atoms with E-state index in [1.54, 1.807) is 6.61 Å². The van der Waals surface area contributed by atoms with E-state index >= 15 is 0 Å². The Bertz CT molecular complexity index is 76.6. The normalized spacial score (nSPS) is 9.56. The monoisotopic (exact) mass is 127 g/mol. The van der Waals surface area contributed by atoms with E-state index < -0.39 is 0 Å². The molecule has 0 heterocycles. The first-order valence-electron chi connectivity index (χ1n) is 3.31. The Morgan fingerprint density at radius 3 is 2.78 bits per heavy atom. The number of hydrogen-bond donors (Lipinski definition) is 0. The van der Waals surface area contributed by atoms with Gasteiger partial charge in [-0.25, -0.2) is 0 Å². The van der Waals surface area contributed by atoms with Gasteiger partial charge in [0.1, 0.15) is 0 Å². The molecular weight excluding hydrogens is 112 g/mol. The molecule has 0 bridgehead atoms. The SMILES string of the molecule is C=C(C)CCCO[CH]C. The maximum atomic E-state index is 5.02.